The lowest BCUT2D eigenvalue weighted by Gasteiger charge is -2.27. The molecule has 0 amide bonds. The molecule has 0 aliphatic carbocycles. The summed E-state index contributed by atoms with van der Waals surface area (Å²) in [6.45, 7) is 8.40. The second kappa shape index (κ2) is 6.22. The number of hydrogen-bond donors (Lipinski definition) is 0. The lowest BCUT2D eigenvalue weighted by atomic mass is 9.77. The van der Waals surface area contributed by atoms with E-state index in [1.807, 2.05) is 19.1 Å². The minimum Gasteiger partial charge on any atom is -0.437 e. The largest absolute Gasteiger partial charge is 0.513 e. The van der Waals surface area contributed by atoms with Gasteiger partial charge in [0.15, 0.2) is 0 Å². The Morgan fingerprint density at radius 3 is 2.27 bits per heavy atom. The second-order valence-corrected chi connectivity index (χ2v) is 6.03. The van der Waals surface area contributed by atoms with Gasteiger partial charge in [-0.1, -0.05) is 55.8 Å². The topological polar surface area (TPSA) is 35.5 Å². The van der Waals surface area contributed by atoms with Gasteiger partial charge >= 0.3 is 6.16 Å². The van der Waals surface area contributed by atoms with Gasteiger partial charge in [-0.05, 0) is 36.6 Å². The average Bonchev–Trinajstić information content (AvgIpc) is 2.49. The Morgan fingerprint density at radius 2 is 1.68 bits per heavy atom. The van der Waals surface area contributed by atoms with E-state index in [4.69, 9.17) is 4.74 Å². The molecule has 2 aromatic rings. The molecule has 22 heavy (non-hydrogen) atoms. The number of hydrogen-bond acceptors (Lipinski definition) is 3. The van der Waals surface area contributed by atoms with Gasteiger partial charge in [0.2, 0.25) is 0 Å². The van der Waals surface area contributed by atoms with E-state index >= 15 is 0 Å². The molecule has 0 fully saturated rings. The summed E-state index contributed by atoms with van der Waals surface area (Å²) >= 11 is 0. The van der Waals surface area contributed by atoms with Gasteiger partial charge in [0, 0.05) is 5.41 Å². The zero-order valence-electron chi connectivity index (χ0n) is 13.8. The molecule has 0 aliphatic rings. The molecular formula is C19H22O3. The fourth-order valence-electron chi connectivity index (χ4n) is 2.48. The third kappa shape index (κ3) is 3.30. The van der Waals surface area contributed by atoms with E-state index in [9.17, 15) is 4.79 Å². The first-order valence-corrected chi connectivity index (χ1v) is 7.28. The standard InChI is InChI=1S/C19H22O3/c1-13-7-6-8-15(11-13)19(3,4)16-9-10-17(14(2)12-16)22-18(20)21-5/h6-12H,1-5H3. The van der Waals surface area contributed by atoms with E-state index in [0.717, 1.165) is 5.56 Å². The molecule has 3 heteroatoms. The van der Waals surface area contributed by atoms with Gasteiger partial charge < -0.3 is 9.47 Å². The Kier molecular flexibility index (Phi) is 4.55. The van der Waals surface area contributed by atoms with Crippen LogP contribution in [0, 0.1) is 13.8 Å². The van der Waals surface area contributed by atoms with Gasteiger partial charge in [-0.15, -0.1) is 0 Å². The van der Waals surface area contributed by atoms with Crippen LogP contribution in [0.4, 0.5) is 4.79 Å². The Hall–Kier alpha value is -2.29. The van der Waals surface area contributed by atoms with E-state index in [1.165, 1.54) is 23.8 Å². The molecular weight excluding hydrogens is 276 g/mol. The number of benzene rings is 2. The van der Waals surface area contributed by atoms with E-state index in [-0.39, 0.29) is 5.41 Å². The molecule has 2 rings (SSSR count). The summed E-state index contributed by atoms with van der Waals surface area (Å²) in [4.78, 5) is 11.2. The lowest BCUT2D eigenvalue weighted by molar-refractivity contribution is 0.121. The van der Waals surface area contributed by atoms with Crippen LogP contribution in [0.5, 0.6) is 5.75 Å². The summed E-state index contributed by atoms with van der Waals surface area (Å²) in [5.74, 6) is 0.524. The van der Waals surface area contributed by atoms with Crippen LogP contribution in [0.15, 0.2) is 42.5 Å². The SMILES string of the molecule is COC(=O)Oc1ccc(C(C)(C)c2cccc(C)c2)cc1C. The lowest BCUT2D eigenvalue weighted by Crippen LogP contribution is -2.19. The summed E-state index contributed by atoms with van der Waals surface area (Å²) in [5.41, 5.74) is 4.46. The van der Waals surface area contributed by atoms with E-state index in [1.54, 1.807) is 0 Å². The predicted octanol–water partition coefficient (Wildman–Crippen LogP) is 4.77. The summed E-state index contributed by atoms with van der Waals surface area (Å²) in [6.07, 6.45) is -0.700. The van der Waals surface area contributed by atoms with Crippen molar-refractivity contribution in [3.05, 3.63) is 64.7 Å². The number of carbonyl (C=O) groups is 1. The van der Waals surface area contributed by atoms with Gasteiger partial charge in [-0.3, -0.25) is 0 Å². The van der Waals surface area contributed by atoms with Crippen molar-refractivity contribution in [2.24, 2.45) is 0 Å². The van der Waals surface area contributed by atoms with Crippen molar-refractivity contribution in [2.45, 2.75) is 33.1 Å². The van der Waals surface area contributed by atoms with Crippen LogP contribution in [-0.4, -0.2) is 13.3 Å². The van der Waals surface area contributed by atoms with Gasteiger partial charge in [-0.25, -0.2) is 4.79 Å². The monoisotopic (exact) mass is 298 g/mol. The highest BCUT2D eigenvalue weighted by Crippen LogP contribution is 2.34. The summed E-state index contributed by atoms with van der Waals surface area (Å²) in [6, 6.07) is 14.4. The number of rotatable bonds is 3. The molecule has 0 saturated heterocycles. The first kappa shape index (κ1) is 16.1. The molecule has 0 saturated carbocycles. The zero-order chi connectivity index (χ0) is 16.3. The number of methoxy groups -OCH3 is 1. The van der Waals surface area contributed by atoms with Crippen LogP contribution >= 0.6 is 0 Å². The van der Waals surface area contributed by atoms with Gasteiger partial charge in [0.25, 0.3) is 0 Å². The molecule has 3 nitrogen and oxygen atoms in total. The molecule has 0 radical (unpaired) electrons. The van der Waals surface area contributed by atoms with Crippen LogP contribution in [0.2, 0.25) is 0 Å². The highest BCUT2D eigenvalue weighted by atomic mass is 16.7. The van der Waals surface area contributed by atoms with Crippen molar-refractivity contribution in [1.29, 1.82) is 0 Å². The number of aryl methyl sites for hydroxylation is 2. The van der Waals surface area contributed by atoms with Crippen LogP contribution in [0.3, 0.4) is 0 Å². The smallest absolute Gasteiger partial charge is 0.437 e. The summed E-state index contributed by atoms with van der Waals surface area (Å²) < 4.78 is 9.65. The highest BCUT2D eigenvalue weighted by Gasteiger charge is 2.24. The molecule has 0 aliphatic heterocycles. The van der Waals surface area contributed by atoms with Crippen molar-refractivity contribution in [3.63, 3.8) is 0 Å². The summed E-state index contributed by atoms with van der Waals surface area (Å²) in [7, 11) is 1.30. The molecule has 0 aromatic heterocycles. The Balaban J connectivity index is 2.36. The van der Waals surface area contributed by atoms with E-state index in [2.05, 4.69) is 55.8 Å². The number of ether oxygens (including phenoxy) is 2. The molecule has 0 spiro atoms. The minimum atomic E-state index is -0.700. The Morgan fingerprint density at radius 1 is 1.00 bits per heavy atom. The molecule has 0 unspecified atom stereocenters. The summed E-state index contributed by atoms with van der Waals surface area (Å²) in [5, 5.41) is 0. The van der Waals surface area contributed by atoms with Crippen molar-refractivity contribution < 1.29 is 14.3 Å². The molecule has 0 heterocycles. The first-order chi connectivity index (χ1) is 10.3. The van der Waals surface area contributed by atoms with Crippen molar-refractivity contribution >= 4 is 6.16 Å². The molecule has 0 N–H and O–H groups in total. The molecule has 2 aromatic carbocycles. The average molecular weight is 298 g/mol. The van der Waals surface area contributed by atoms with Crippen LogP contribution in [-0.2, 0) is 10.2 Å². The maximum Gasteiger partial charge on any atom is 0.513 e. The third-order valence-electron chi connectivity index (χ3n) is 4.00. The van der Waals surface area contributed by atoms with Crippen molar-refractivity contribution in [3.8, 4) is 5.75 Å². The maximum absolute atomic E-state index is 11.2. The van der Waals surface area contributed by atoms with Crippen LogP contribution in [0.1, 0.15) is 36.1 Å². The van der Waals surface area contributed by atoms with Gasteiger partial charge in [0.05, 0.1) is 7.11 Å². The number of carbonyl (C=O) groups excluding carboxylic acids is 1. The van der Waals surface area contributed by atoms with Gasteiger partial charge in [0.1, 0.15) is 5.75 Å². The Labute approximate surface area is 131 Å². The first-order valence-electron chi connectivity index (χ1n) is 7.28. The third-order valence-corrected chi connectivity index (χ3v) is 4.00. The molecule has 0 atom stereocenters. The highest BCUT2D eigenvalue weighted by molar-refractivity contribution is 5.64. The van der Waals surface area contributed by atoms with Gasteiger partial charge in [-0.2, -0.15) is 0 Å². The zero-order valence-corrected chi connectivity index (χ0v) is 13.8. The normalized spacial score (nSPS) is 11.1. The van der Waals surface area contributed by atoms with Crippen LogP contribution in [0.25, 0.3) is 0 Å². The van der Waals surface area contributed by atoms with E-state index < -0.39 is 6.16 Å². The maximum atomic E-state index is 11.2. The second-order valence-electron chi connectivity index (χ2n) is 6.03. The van der Waals surface area contributed by atoms with Crippen molar-refractivity contribution in [1.82, 2.24) is 0 Å². The minimum absolute atomic E-state index is 0.124. The van der Waals surface area contributed by atoms with Crippen LogP contribution < -0.4 is 4.74 Å². The van der Waals surface area contributed by atoms with Crippen molar-refractivity contribution in [2.75, 3.05) is 7.11 Å². The molecule has 0 bridgehead atoms. The van der Waals surface area contributed by atoms with E-state index in [0.29, 0.717) is 5.75 Å². The fraction of sp³-hybridized carbons (Fsp3) is 0.316. The Bertz CT molecular complexity index is 687. The predicted molar refractivity (Wildman–Crippen MR) is 87.5 cm³/mol. The molecule has 116 valence electrons. The fourth-order valence-corrected chi connectivity index (χ4v) is 2.48. The quantitative estimate of drug-likeness (QED) is 0.604.